The van der Waals surface area contributed by atoms with Crippen LogP contribution < -0.4 is 4.90 Å². The minimum absolute atomic E-state index is 0.0802. The fourth-order valence-corrected chi connectivity index (χ4v) is 4.49. The van der Waals surface area contributed by atoms with Crippen LogP contribution >= 0.6 is 11.6 Å². The van der Waals surface area contributed by atoms with Gasteiger partial charge in [-0.2, -0.15) is 0 Å². The fourth-order valence-electron chi connectivity index (χ4n) is 4.32. The first kappa shape index (κ1) is 12.2. The number of imide groups is 1. The Labute approximate surface area is 121 Å². The maximum atomic E-state index is 12.6. The molecule has 1 heterocycles. The van der Waals surface area contributed by atoms with Crippen LogP contribution in [0.5, 0.6) is 5.75 Å². The molecule has 2 bridgehead atoms. The first-order valence-electron chi connectivity index (χ1n) is 6.94. The molecule has 3 aliphatic rings. The lowest BCUT2D eigenvalue weighted by atomic mass is 9.81. The highest BCUT2D eigenvalue weighted by atomic mass is 35.5. The summed E-state index contributed by atoms with van der Waals surface area (Å²) in [5.41, 5.74) is 0.223. The number of phenols is 1. The zero-order chi connectivity index (χ0) is 14.0. The number of carbonyl (C=O) groups is 2. The van der Waals surface area contributed by atoms with Crippen LogP contribution in [0.25, 0.3) is 0 Å². The summed E-state index contributed by atoms with van der Waals surface area (Å²) in [6.45, 7) is 0. The summed E-state index contributed by atoms with van der Waals surface area (Å²) in [7, 11) is 0. The number of rotatable bonds is 1. The first-order valence-corrected chi connectivity index (χ1v) is 7.32. The van der Waals surface area contributed by atoms with Gasteiger partial charge in [-0.3, -0.25) is 9.59 Å². The van der Waals surface area contributed by atoms with Gasteiger partial charge in [0, 0.05) is 5.02 Å². The summed E-state index contributed by atoms with van der Waals surface area (Å²) in [6.07, 6.45) is 3.09. The maximum Gasteiger partial charge on any atom is 0.238 e. The highest BCUT2D eigenvalue weighted by Crippen LogP contribution is 2.57. The van der Waals surface area contributed by atoms with Crippen LogP contribution in [0, 0.1) is 23.7 Å². The lowest BCUT2D eigenvalue weighted by Gasteiger charge is -2.19. The third kappa shape index (κ3) is 1.43. The fraction of sp³-hybridized carbons (Fsp3) is 0.467. The standard InChI is InChI=1S/C15H14ClNO3/c16-9-3-4-11(18)10(6-9)17-14(19)12-7-1-2-8(5-7)13(12)15(17)20/h3-4,6-8,12-13,18H,1-2,5H2. The molecule has 104 valence electrons. The van der Waals surface area contributed by atoms with E-state index in [4.69, 9.17) is 11.6 Å². The molecule has 4 nitrogen and oxygen atoms in total. The Hall–Kier alpha value is -1.55. The Morgan fingerprint density at radius 1 is 1.10 bits per heavy atom. The third-order valence-electron chi connectivity index (χ3n) is 5.11. The zero-order valence-corrected chi connectivity index (χ0v) is 11.5. The molecule has 3 fully saturated rings. The molecule has 1 aromatic rings. The van der Waals surface area contributed by atoms with Crippen molar-refractivity contribution in [1.82, 2.24) is 0 Å². The minimum Gasteiger partial charge on any atom is -0.506 e. The van der Waals surface area contributed by atoms with Crippen LogP contribution in [0.1, 0.15) is 19.3 Å². The van der Waals surface area contributed by atoms with E-state index in [1.165, 1.54) is 18.2 Å². The van der Waals surface area contributed by atoms with Gasteiger partial charge in [0.05, 0.1) is 17.5 Å². The molecule has 0 spiro atoms. The molecule has 4 atom stereocenters. The van der Waals surface area contributed by atoms with E-state index in [1.54, 1.807) is 0 Å². The Morgan fingerprint density at radius 3 is 2.30 bits per heavy atom. The van der Waals surface area contributed by atoms with Gasteiger partial charge in [0.2, 0.25) is 11.8 Å². The van der Waals surface area contributed by atoms with Gasteiger partial charge in [-0.05, 0) is 49.3 Å². The number of hydrogen-bond acceptors (Lipinski definition) is 3. The van der Waals surface area contributed by atoms with Gasteiger partial charge in [0.15, 0.2) is 0 Å². The van der Waals surface area contributed by atoms with Gasteiger partial charge in [0.25, 0.3) is 0 Å². The Bertz CT molecular complexity index is 602. The summed E-state index contributed by atoms with van der Waals surface area (Å²) in [5, 5.41) is 10.3. The summed E-state index contributed by atoms with van der Waals surface area (Å²) in [4.78, 5) is 26.4. The number of phenolic OH excluding ortho intramolecular Hbond substituents is 1. The van der Waals surface area contributed by atoms with Crippen LogP contribution in [0.15, 0.2) is 18.2 Å². The first-order chi connectivity index (χ1) is 9.58. The molecule has 1 aliphatic heterocycles. The van der Waals surface area contributed by atoms with Crippen molar-refractivity contribution in [3.05, 3.63) is 23.2 Å². The Kier molecular flexibility index (Phi) is 2.43. The largest absolute Gasteiger partial charge is 0.506 e. The number of fused-ring (bicyclic) bond motifs is 5. The molecule has 0 radical (unpaired) electrons. The van der Waals surface area contributed by atoms with Crippen LogP contribution in [0.4, 0.5) is 5.69 Å². The second-order valence-corrected chi connectivity index (χ2v) is 6.47. The van der Waals surface area contributed by atoms with Gasteiger partial charge < -0.3 is 5.11 Å². The molecule has 2 saturated carbocycles. The zero-order valence-electron chi connectivity index (χ0n) is 10.8. The van der Waals surface area contributed by atoms with E-state index >= 15 is 0 Å². The van der Waals surface area contributed by atoms with Crippen molar-refractivity contribution in [2.75, 3.05) is 4.90 Å². The molecule has 0 aromatic heterocycles. The monoisotopic (exact) mass is 291 g/mol. The number of aromatic hydroxyl groups is 1. The average Bonchev–Trinajstić information content (AvgIpc) is 3.08. The van der Waals surface area contributed by atoms with Gasteiger partial charge in [0.1, 0.15) is 5.75 Å². The van der Waals surface area contributed by atoms with Gasteiger partial charge in [-0.1, -0.05) is 11.6 Å². The highest BCUT2D eigenvalue weighted by Gasteiger charge is 2.61. The second-order valence-electron chi connectivity index (χ2n) is 6.03. The summed E-state index contributed by atoms with van der Waals surface area (Å²) in [5.74, 6) is -0.0854. The molecule has 2 aliphatic carbocycles. The van der Waals surface area contributed by atoms with E-state index in [2.05, 4.69) is 0 Å². The SMILES string of the molecule is O=C1C2C3CCC(C3)C2C(=O)N1c1cc(Cl)ccc1O. The number of anilines is 1. The van der Waals surface area contributed by atoms with Crippen molar-refractivity contribution in [1.29, 1.82) is 0 Å². The molecular formula is C15H14ClNO3. The van der Waals surface area contributed by atoms with E-state index in [0.717, 1.165) is 24.2 Å². The highest BCUT2D eigenvalue weighted by molar-refractivity contribution is 6.31. The molecule has 4 rings (SSSR count). The molecule has 5 heteroatoms. The predicted molar refractivity (Wildman–Crippen MR) is 73.4 cm³/mol. The second kappa shape index (κ2) is 3.98. The molecule has 1 N–H and O–H groups in total. The molecule has 4 unspecified atom stereocenters. The summed E-state index contributed by atoms with van der Waals surface area (Å²) in [6, 6.07) is 4.44. The molecule has 1 saturated heterocycles. The topological polar surface area (TPSA) is 57.6 Å². The van der Waals surface area contributed by atoms with E-state index in [1.807, 2.05) is 0 Å². The number of carbonyl (C=O) groups excluding carboxylic acids is 2. The third-order valence-corrected chi connectivity index (χ3v) is 5.34. The Balaban J connectivity index is 1.79. The van der Waals surface area contributed by atoms with Gasteiger partial charge in [-0.25, -0.2) is 4.90 Å². The van der Waals surface area contributed by atoms with Crippen LogP contribution in [-0.2, 0) is 9.59 Å². The quantitative estimate of drug-likeness (QED) is 0.809. The van der Waals surface area contributed by atoms with Gasteiger partial charge >= 0.3 is 0 Å². The van der Waals surface area contributed by atoms with E-state index in [0.29, 0.717) is 16.9 Å². The van der Waals surface area contributed by atoms with Crippen molar-refractivity contribution in [2.24, 2.45) is 23.7 Å². The van der Waals surface area contributed by atoms with Crippen LogP contribution in [0.3, 0.4) is 0 Å². The number of benzene rings is 1. The number of amides is 2. The number of nitrogens with zero attached hydrogens (tertiary/aromatic N) is 1. The smallest absolute Gasteiger partial charge is 0.238 e. The van der Waals surface area contributed by atoms with E-state index in [9.17, 15) is 14.7 Å². The van der Waals surface area contributed by atoms with Crippen molar-refractivity contribution in [2.45, 2.75) is 19.3 Å². The van der Waals surface area contributed by atoms with Crippen LogP contribution in [0.2, 0.25) is 5.02 Å². The minimum atomic E-state index is -0.181. The Morgan fingerprint density at radius 2 is 1.70 bits per heavy atom. The summed E-state index contributed by atoms with van der Waals surface area (Å²) < 4.78 is 0. The predicted octanol–water partition coefficient (Wildman–Crippen LogP) is 2.58. The number of halogens is 1. The molecule has 2 amide bonds. The molecular weight excluding hydrogens is 278 g/mol. The molecule has 20 heavy (non-hydrogen) atoms. The lowest BCUT2D eigenvalue weighted by molar-refractivity contribution is -0.123. The maximum absolute atomic E-state index is 12.6. The normalized spacial score (nSPS) is 35.0. The van der Waals surface area contributed by atoms with Crippen molar-refractivity contribution < 1.29 is 14.7 Å². The van der Waals surface area contributed by atoms with E-state index in [-0.39, 0.29) is 35.1 Å². The van der Waals surface area contributed by atoms with E-state index < -0.39 is 0 Å². The summed E-state index contributed by atoms with van der Waals surface area (Å²) >= 11 is 5.92. The van der Waals surface area contributed by atoms with Crippen molar-refractivity contribution >= 4 is 29.1 Å². The average molecular weight is 292 g/mol. The van der Waals surface area contributed by atoms with Crippen molar-refractivity contribution in [3.8, 4) is 5.75 Å². The molecule has 1 aromatic carbocycles. The number of hydrogen-bond donors (Lipinski definition) is 1. The lowest BCUT2D eigenvalue weighted by Crippen LogP contribution is -2.32. The van der Waals surface area contributed by atoms with Crippen molar-refractivity contribution in [3.63, 3.8) is 0 Å². The van der Waals surface area contributed by atoms with Crippen LogP contribution in [-0.4, -0.2) is 16.9 Å². The van der Waals surface area contributed by atoms with Gasteiger partial charge in [-0.15, -0.1) is 0 Å².